The lowest BCUT2D eigenvalue weighted by Gasteiger charge is -2.05. The summed E-state index contributed by atoms with van der Waals surface area (Å²) in [5.74, 6) is -0.0446. The summed E-state index contributed by atoms with van der Waals surface area (Å²) in [6.07, 6.45) is 1.38. The van der Waals surface area contributed by atoms with Crippen molar-refractivity contribution in [1.82, 2.24) is 15.0 Å². The Morgan fingerprint density at radius 3 is 2.94 bits per heavy atom. The fourth-order valence-corrected chi connectivity index (χ4v) is 1.28. The standard InChI is InChI=1S/C8H8N6O4/c1-2-12(11-15)6-5-13(10-9-6)7-3-4-8(18-7)14(16)17/h3-5H,2H2,1H3. The third-order valence-electron chi connectivity index (χ3n) is 2.13. The van der Waals surface area contributed by atoms with Crippen molar-refractivity contribution in [3.63, 3.8) is 0 Å². The number of nitrogens with zero attached hydrogens (tertiary/aromatic N) is 6. The van der Waals surface area contributed by atoms with Crippen LogP contribution in [0.4, 0.5) is 11.7 Å². The number of hydrogen-bond donors (Lipinski definition) is 0. The molecule has 10 heteroatoms. The van der Waals surface area contributed by atoms with Gasteiger partial charge in [0.2, 0.25) is 5.88 Å². The molecule has 0 aliphatic carbocycles. The predicted octanol–water partition coefficient (Wildman–Crippen LogP) is 1.28. The van der Waals surface area contributed by atoms with E-state index in [4.69, 9.17) is 4.42 Å². The van der Waals surface area contributed by atoms with Crippen molar-refractivity contribution in [3.05, 3.63) is 33.4 Å². The Morgan fingerprint density at radius 2 is 2.39 bits per heavy atom. The summed E-state index contributed by atoms with van der Waals surface area (Å²) in [4.78, 5) is 20.3. The molecule has 0 aromatic carbocycles. The van der Waals surface area contributed by atoms with Crippen LogP contribution >= 0.6 is 0 Å². The Hall–Kier alpha value is -2.78. The largest absolute Gasteiger partial charge is 0.434 e. The molecule has 0 saturated heterocycles. The summed E-state index contributed by atoms with van der Waals surface area (Å²) in [6.45, 7) is 2.05. The highest BCUT2D eigenvalue weighted by Crippen LogP contribution is 2.20. The highest BCUT2D eigenvalue weighted by molar-refractivity contribution is 5.36. The lowest BCUT2D eigenvalue weighted by Crippen LogP contribution is -2.14. The van der Waals surface area contributed by atoms with Crippen molar-refractivity contribution in [3.8, 4) is 5.88 Å². The Morgan fingerprint density at radius 1 is 1.61 bits per heavy atom. The smallest absolute Gasteiger partial charge is 0.382 e. The molecule has 2 heterocycles. The molecule has 10 nitrogen and oxygen atoms in total. The van der Waals surface area contributed by atoms with Crippen molar-refractivity contribution < 1.29 is 9.34 Å². The average molecular weight is 252 g/mol. The van der Waals surface area contributed by atoms with E-state index in [1.165, 1.54) is 23.0 Å². The Labute approximate surface area is 99.9 Å². The van der Waals surface area contributed by atoms with Gasteiger partial charge in [0, 0.05) is 12.6 Å². The topological polar surface area (TPSA) is 120 Å². The first-order valence-electron chi connectivity index (χ1n) is 4.93. The van der Waals surface area contributed by atoms with Crippen LogP contribution < -0.4 is 5.01 Å². The SMILES string of the molecule is CCN(N=O)c1cn(-c2ccc([N+](=O)[O-])o2)nn1. The fraction of sp³-hybridized carbons (Fsp3) is 0.250. The number of rotatable bonds is 5. The molecule has 0 bridgehead atoms. The summed E-state index contributed by atoms with van der Waals surface area (Å²) >= 11 is 0. The number of nitroso groups, excluding NO2 is 1. The van der Waals surface area contributed by atoms with Gasteiger partial charge in [-0.15, -0.1) is 10.0 Å². The van der Waals surface area contributed by atoms with Gasteiger partial charge >= 0.3 is 5.88 Å². The molecule has 0 radical (unpaired) electrons. The molecule has 0 aliphatic rings. The van der Waals surface area contributed by atoms with Crippen LogP contribution in [-0.4, -0.2) is 26.5 Å². The number of anilines is 1. The van der Waals surface area contributed by atoms with Gasteiger partial charge in [-0.05, 0) is 6.92 Å². The molecule has 0 spiro atoms. The monoisotopic (exact) mass is 252 g/mol. The molecule has 2 aromatic heterocycles. The van der Waals surface area contributed by atoms with E-state index in [2.05, 4.69) is 15.6 Å². The lowest BCUT2D eigenvalue weighted by atomic mass is 10.6. The molecule has 94 valence electrons. The van der Waals surface area contributed by atoms with Crippen molar-refractivity contribution in [2.45, 2.75) is 6.92 Å². The molecule has 2 rings (SSSR count). The minimum absolute atomic E-state index is 0.127. The van der Waals surface area contributed by atoms with E-state index in [0.717, 1.165) is 5.01 Å². The van der Waals surface area contributed by atoms with Gasteiger partial charge in [-0.3, -0.25) is 10.1 Å². The zero-order chi connectivity index (χ0) is 13.1. The summed E-state index contributed by atoms with van der Waals surface area (Å²) in [7, 11) is 0. The van der Waals surface area contributed by atoms with Gasteiger partial charge in [0.25, 0.3) is 0 Å². The Kier molecular flexibility index (Phi) is 3.00. The van der Waals surface area contributed by atoms with Crippen molar-refractivity contribution in [1.29, 1.82) is 0 Å². The minimum Gasteiger partial charge on any atom is -0.382 e. The predicted molar refractivity (Wildman–Crippen MR) is 59.1 cm³/mol. The summed E-state index contributed by atoms with van der Waals surface area (Å²) in [5.41, 5.74) is 0. The maximum Gasteiger partial charge on any atom is 0.434 e. The van der Waals surface area contributed by atoms with Crippen LogP contribution in [0.25, 0.3) is 5.88 Å². The third kappa shape index (κ3) is 2.03. The van der Waals surface area contributed by atoms with Gasteiger partial charge in [0.05, 0.1) is 17.5 Å². The number of aromatic nitrogens is 3. The van der Waals surface area contributed by atoms with Crippen molar-refractivity contribution in [2.24, 2.45) is 5.29 Å². The normalized spacial score (nSPS) is 10.3. The van der Waals surface area contributed by atoms with E-state index in [1.54, 1.807) is 6.92 Å². The Bertz CT molecular complexity index is 576. The second kappa shape index (κ2) is 4.61. The summed E-state index contributed by atoms with van der Waals surface area (Å²) in [5, 5.41) is 21.7. The Balaban J connectivity index is 2.28. The van der Waals surface area contributed by atoms with E-state index in [1.807, 2.05) is 0 Å². The average Bonchev–Trinajstić information content (AvgIpc) is 2.98. The summed E-state index contributed by atoms with van der Waals surface area (Å²) < 4.78 is 6.10. The van der Waals surface area contributed by atoms with Crippen molar-refractivity contribution >= 4 is 11.7 Å². The molecule has 0 saturated carbocycles. The maximum atomic E-state index is 10.5. The van der Waals surface area contributed by atoms with Gasteiger partial charge < -0.3 is 4.42 Å². The first-order valence-corrected chi connectivity index (χ1v) is 4.93. The number of hydrogen-bond acceptors (Lipinski definition) is 7. The van der Waals surface area contributed by atoms with Crippen LogP contribution in [0.3, 0.4) is 0 Å². The fourth-order valence-electron chi connectivity index (χ4n) is 1.28. The third-order valence-corrected chi connectivity index (χ3v) is 2.13. The zero-order valence-electron chi connectivity index (χ0n) is 9.26. The minimum atomic E-state index is -0.660. The maximum absolute atomic E-state index is 10.5. The van der Waals surface area contributed by atoms with Gasteiger partial charge in [-0.25, -0.2) is 5.01 Å². The van der Waals surface area contributed by atoms with Gasteiger partial charge in [0.15, 0.2) is 5.82 Å². The van der Waals surface area contributed by atoms with Gasteiger partial charge in [0.1, 0.15) is 4.92 Å². The second-order valence-electron chi connectivity index (χ2n) is 3.19. The van der Waals surface area contributed by atoms with Crippen LogP contribution in [0.5, 0.6) is 0 Å². The van der Waals surface area contributed by atoms with E-state index < -0.39 is 10.8 Å². The first-order chi connectivity index (χ1) is 8.65. The molecular formula is C8H8N6O4. The molecule has 0 fully saturated rings. The van der Waals surface area contributed by atoms with Crippen LogP contribution in [0.1, 0.15) is 6.92 Å². The molecule has 18 heavy (non-hydrogen) atoms. The molecule has 0 amide bonds. The van der Waals surface area contributed by atoms with E-state index >= 15 is 0 Å². The van der Waals surface area contributed by atoms with E-state index in [0.29, 0.717) is 6.54 Å². The quantitative estimate of drug-likeness (QED) is 0.446. The molecule has 2 aromatic rings. The summed E-state index contributed by atoms with van der Waals surface area (Å²) in [6, 6.07) is 2.58. The van der Waals surface area contributed by atoms with E-state index in [-0.39, 0.29) is 11.7 Å². The van der Waals surface area contributed by atoms with Crippen molar-refractivity contribution in [2.75, 3.05) is 11.6 Å². The van der Waals surface area contributed by atoms with Crippen LogP contribution in [0.15, 0.2) is 28.0 Å². The first kappa shape index (κ1) is 11.7. The van der Waals surface area contributed by atoms with Crippen LogP contribution in [0, 0.1) is 15.0 Å². The number of nitro groups is 1. The molecule has 0 aliphatic heterocycles. The van der Waals surface area contributed by atoms with Gasteiger partial charge in [-0.2, -0.15) is 4.68 Å². The molecule has 0 N–H and O–H groups in total. The zero-order valence-corrected chi connectivity index (χ0v) is 9.26. The number of furan rings is 1. The second-order valence-corrected chi connectivity index (χ2v) is 3.19. The van der Waals surface area contributed by atoms with E-state index in [9.17, 15) is 15.0 Å². The van der Waals surface area contributed by atoms with Gasteiger partial charge in [-0.1, -0.05) is 5.21 Å². The lowest BCUT2D eigenvalue weighted by molar-refractivity contribution is -0.402. The molecule has 0 atom stereocenters. The highest BCUT2D eigenvalue weighted by atomic mass is 16.6. The van der Waals surface area contributed by atoms with Crippen LogP contribution in [0.2, 0.25) is 0 Å². The van der Waals surface area contributed by atoms with Crippen LogP contribution in [-0.2, 0) is 0 Å². The molecule has 0 unspecified atom stereocenters. The molecular weight excluding hydrogens is 244 g/mol. The highest BCUT2D eigenvalue weighted by Gasteiger charge is 2.16.